The van der Waals surface area contributed by atoms with Crippen molar-refractivity contribution in [3.05, 3.63) is 28.3 Å². The molecule has 1 amide bonds. The smallest absolute Gasteiger partial charge is 0.229 e. The maximum absolute atomic E-state index is 12.6. The van der Waals surface area contributed by atoms with Crippen LogP contribution in [-0.4, -0.2) is 12.5 Å². The zero-order valence-corrected chi connectivity index (χ0v) is 12.8. The number of halogens is 1. The molecule has 104 valence electrons. The molecule has 0 radical (unpaired) electrons. The predicted octanol–water partition coefficient (Wildman–Crippen LogP) is 4.36. The second kappa shape index (κ2) is 5.96. The van der Waals surface area contributed by atoms with Crippen LogP contribution < -0.4 is 4.90 Å². The molecule has 0 saturated heterocycles. The minimum Gasteiger partial charge on any atom is -0.312 e. The van der Waals surface area contributed by atoms with Gasteiger partial charge in [-0.2, -0.15) is 0 Å². The Hall–Kier alpha value is -1.02. The van der Waals surface area contributed by atoms with Gasteiger partial charge in [-0.15, -0.1) is 0 Å². The fourth-order valence-electron chi connectivity index (χ4n) is 2.96. The molecule has 2 nitrogen and oxygen atoms in total. The van der Waals surface area contributed by atoms with E-state index in [0.29, 0.717) is 0 Å². The van der Waals surface area contributed by atoms with Gasteiger partial charge in [-0.3, -0.25) is 4.79 Å². The van der Waals surface area contributed by atoms with Gasteiger partial charge < -0.3 is 4.90 Å². The molecule has 0 bridgehead atoms. The number of fused-ring (bicyclic) bond motifs is 1. The van der Waals surface area contributed by atoms with Gasteiger partial charge in [0.05, 0.1) is 0 Å². The van der Waals surface area contributed by atoms with E-state index in [1.165, 1.54) is 5.56 Å². The van der Waals surface area contributed by atoms with Crippen LogP contribution in [0, 0.1) is 12.8 Å². The average molecular weight is 280 g/mol. The van der Waals surface area contributed by atoms with Crippen LogP contribution in [0.25, 0.3) is 0 Å². The maximum atomic E-state index is 12.6. The van der Waals surface area contributed by atoms with Crippen molar-refractivity contribution in [2.75, 3.05) is 11.4 Å². The van der Waals surface area contributed by atoms with E-state index in [1.807, 2.05) is 30.9 Å². The highest BCUT2D eigenvalue weighted by Gasteiger charge is 2.27. The summed E-state index contributed by atoms with van der Waals surface area (Å²) in [5, 5.41) is 0.771. The van der Waals surface area contributed by atoms with Crippen LogP contribution in [0.15, 0.2) is 12.1 Å². The normalized spacial score (nSPS) is 16.1. The van der Waals surface area contributed by atoms with Gasteiger partial charge in [-0.05, 0) is 49.4 Å². The Morgan fingerprint density at radius 1 is 1.47 bits per heavy atom. The third kappa shape index (κ3) is 2.94. The number of benzene rings is 1. The van der Waals surface area contributed by atoms with Crippen molar-refractivity contribution in [2.24, 2.45) is 5.92 Å². The van der Waals surface area contributed by atoms with Crippen LogP contribution in [0.1, 0.15) is 44.2 Å². The highest BCUT2D eigenvalue weighted by molar-refractivity contribution is 6.30. The van der Waals surface area contributed by atoms with Crippen LogP contribution >= 0.6 is 11.6 Å². The van der Waals surface area contributed by atoms with Crippen molar-refractivity contribution >= 4 is 23.2 Å². The minimum absolute atomic E-state index is 0.103. The van der Waals surface area contributed by atoms with Crippen LogP contribution in [-0.2, 0) is 11.2 Å². The molecule has 0 aromatic heterocycles. The molecule has 0 fully saturated rings. The van der Waals surface area contributed by atoms with Crippen molar-refractivity contribution in [2.45, 2.75) is 46.5 Å². The van der Waals surface area contributed by atoms with Crippen LogP contribution in [0.3, 0.4) is 0 Å². The van der Waals surface area contributed by atoms with E-state index in [4.69, 9.17) is 11.6 Å². The molecule has 0 spiro atoms. The zero-order chi connectivity index (χ0) is 14.0. The summed E-state index contributed by atoms with van der Waals surface area (Å²) in [6.07, 6.45) is 4.05. The number of anilines is 1. The number of hydrogen-bond acceptors (Lipinski definition) is 1. The lowest BCUT2D eigenvalue weighted by Gasteiger charge is -2.33. The molecular weight excluding hydrogens is 258 g/mol. The number of aryl methyl sites for hydroxylation is 2. The topological polar surface area (TPSA) is 20.3 Å². The summed E-state index contributed by atoms with van der Waals surface area (Å²) in [7, 11) is 0. The lowest BCUT2D eigenvalue weighted by molar-refractivity contribution is -0.122. The second-order valence-electron chi connectivity index (χ2n) is 5.51. The quantitative estimate of drug-likeness (QED) is 0.805. The number of rotatable bonds is 3. The van der Waals surface area contributed by atoms with Gasteiger partial charge in [-0.25, -0.2) is 0 Å². The molecule has 3 heteroatoms. The monoisotopic (exact) mass is 279 g/mol. The summed E-state index contributed by atoms with van der Waals surface area (Å²) in [5.74, 6) is 0.360. The Morgan fingerprint density at radius 2 is 2.21 bits per heavy atom. The summed E-state index contributed by atoms with van der Waals surface area (Å²) >= 11 is 6.12. The maximum Gasteiger partial charge on any atom is 0.229 e. The SMILES string of the molecule is CCCC(C)C(=O)N1CCCc2cc(Cl)cc(C)c21. The highest BCUT2D eigenvalue weighted by Crippen LogP contribution is 2.34. The minimum atomic E-state index is 0.103. The number of carbonyl (C=O) groups excluding carboxylic acids is 1. The number of carbonyl (C=O) groups is 1. The van der Waals surface area contributed by atoms with Crippen LogP contribution in [0.4, 0.5) is 5.69 Å². The first-order chi connectivity index (χ1) is 9.04. The van der Waals surface area contributed by atoms with Crippen molar-refractivity contribution < 1.29 is 4.79 Å². The number of amides is 1. The van der Waals surface area contributed by atoms with Crippen molar-refractivity contribution in [3.8, 4) is 0 Å². The Kier molecular flexibility index (Phi) is 4.51. The molecule has 0 saturated carbocycles. The molecule has 1 unspecified atom stereocenters. The third-order valence-corrected chi connectivity index (χ3v) is 4.07. The van der Waals surface area contributed by atoms with Crippen LogP contribution in [0.5, 0.6) is 0 Å². The van der Waals surface area contributed by atoms with E-state index in [2.05, 4.69) is 6.92 Å². The summed E-state index contributed by atoms with van der Waals surface area (Å²) < 4.78 is 0. The van der Waals surface area contributed by atoms with E-state index in [1.54, 1.807) is 0 Å². The lowest BCUT2D eigenvalue weighted by Crippen LogP contribution is -2.39. The summed E-state index contributed by atoms with van der Waals surface area (Å²) in [6, 6.07) is 3.96. The van der Waals surface area contributed by atoms with Gasteiger partial charge in [0, 0.05) is 23.2 Å². The Bertz CT molecular complexity index is 484. The van der Waals surface area contributed by atoms with Crippen molar-refractivity contribution in [3.63, 3.8) is 0 Å². The summed E-state index contributed by atoms with van der Waals surface area (Å²) in [6.45, 7) is 7.04. The van der Waals surface area contributed by atoms with Gasteiger partial charge in [0.2, 0.25) is 5.91 Å². The summed E-state index contributed by atoms with van der Waals surface area (Å²) in [5.41, 5.74) is 3.43. The molecule has 1 aromatic carbocycles. The largest absolute Gasteiger partial charge is 0.312 e. The Balaban J connectivity index is 2.34. The Labute approximate surface area is 120 Å². The van der Waals surface area contributed by atoms with Gasteiger partial charge in [0.1, 0.15) is 0 Å². The fraction of sp³-hybridized carbons (Fsp3) is 0.562. The molecule has 0 aliphatic carbocycles. The summed E-state index contributed by atoms with van der Waals surface area (Å²) in [4.78, 5) is 14.6. The van der Waals surface area contributed by atoms with E-state index in [-0.39, 0.29) is 11.8 Å². The molecule has 1 aliphatic rings. The average Bonchev–Trinajstić information content (AvgIpc) is 2.37. The molecule has 1 aromatic rings. The van der Waals surface area contributed by atoms with Gasteiger partial charge >= 0.3 is 0 Å². The van der Waals surface area contributed by atoms with Gasteiger partial charge in [0.15, 0.2) is 0 Å². The molecular formula is C16H22ClNO. The lowest BCUT2D eigenvalue weighted by atomic mass is 9.95. The molecule has 1 heterocycles. The number of hydrogen-bond donors (Lipinski definition) is 0. The first-order valence-corrected chi connectivity index (χ1v) is 7.52. The predicted molar refractivity (Wildman–Crippen MR) is 80.9 cm³/mol. The van der Waals surface area contributed by atoms with Gasteiger partial charge in [0.25, 0.3) is 0 Å². The van der Waals surface area contributed by atoms with E-state index in [9.17, 15) is 4.79 Å². The molecule has 1 aliphatic heterocycles. The zero-order valence-electron chi connectivity index (χ0n) is 12.0. The van der Waals surface area contributed by atoms with Crippen LogP contribution in [0.2, 0.25) is 5.02 Å². The van der Waals surface area contributed by atoms with Crippen molar-refractivity contribution in [1.82, 2.24) is 0 Å². The van der Waals surface area contributed by atoms with E-state index < -0.39 is 0 Å². The second-order valence-corrected chi connectivity index (χ2v) is 5.95. The highest BCUT2D eigenvalue weighted by atomic mass is 35.5. The molecule has 1 atom stereocenters. The standard InChI is InChI=1S/C16H22ClNO/c1-4-6-11(2)16(19)18-8-5-7-13-10-14(17)9-12(3)15(13)18/h9-11H,4-8H2,1-3H3. The molecule has 0 N–H and O–H groups in total. The third-order valence-electron chi connectivity index (χ3n) is 3.85. The van der Waals surface area contributed by atoms with Gasteiger partial charge in [-0.1, -0.05) is 31.9 Å². The molecule has 2 rings (SSSR count). The van der Waals surface area contributed by atoms with Crippen molar-refractivity contribution in [1.29, 1.82) is 0 Å². The fourth-order valence-corrected chi connectivity index (χ4v) is 3.26. The number of nitrogens with zero attached hydrogens (tertiary/aromatic N) is 1. The van der Waals surface area contributed by atoms with E-state index >= 15 is 0 Å². The first-order valence-electron chi connectivity index (χ1n) is 7.15. The Morgan fingerprint density at radius 3 is 2.89 bits per heavy atom. The van der Waals surface area contributed by atoms with E-state index in [0.717, 1.165) is 48.5 Å². The first kappa shape index (κ1) is 14.4. The molecule has 19 heavy (non-hydrogen) atoms.